The molecule has 0 saturated heterocycles. The van der Waals surface area contributed by atoms with Crippen LogP contribution in [0.2, 0.25) is 0 Å². The van der Waals surface area contributed by atoms with Gasteiger partial charge in [-0.15, -0.1) is 0 Å². The van der Waals surface area contributed by atoms with E-state index in [1.807, 2.05) is 0 Å². The molecule has 0 bridgehead atoms. The average molecular weight is 281 g/mol. The van der Waals surface area contributed by atoms with E-state index in [0.717, 1.165) is 24.0 Å². The summed E-state index contributed by atoms with van der Waals surface area (Å²) < 4.78 is 1.48. The van der Waals surface area contributed by atoms with E-state index in [1.165, 1.54) is 11.0 Å². The van der Waals surface area contributed by atoms with Crippen LogP contribution >= 0.6 is 11.8 Å². The van der Waals surface area contributed by atoms with Crippen molar-refractivity contribution in [2.75, 3.05) is 0 Å². The maximum absolute atomic E-state index is 11.0. The number of aryl methyl sites for hydroxylation is 1. The SMILES string of the molecule is Cn1ncnc1Sc1cc(C(=O)O)c([N+](=O)[O-])cn1. The van der Waals surface area contributed by atoms with Gasteiger partial charge < -0.3 is 5.11 Å². The Kier molecular flexibility index (Phi) is 3.42. The summed E-state index contributed by atoms with van der Waals surface area (Å²) in [6.07, 6.45) is 2.26. The summed E-state index contributed by atoms with van der Waals surface area (Å²) in [7, 11) is 1.67. The molecule has 0 aliphatic rings. The number of carboxylic acid groups (broad SMARTS) is 1. The van der Waals surface area contributed by atoms with Crippen molar-refractivity contribution < 1.29 is 14.8 Å². The molecule has 19 heavy (non-hydrogen) atoms. The van der Waals surface area contributed by atoms with Crippen LogP contribution in [0.25, 0.3) is 0 Å². The van der Waals surface area contributed by atoms with Gasteiger partial charge in [0.25, 0.3) is 0 Å². The predicted molar refractivity (Wildman–Crippen MR) is 63.0 cm³/mol. The van der Waals surface area contributed by atoms with Crippen LogP contribution in [0, 0.1) is 10.1 Å². The van der Waals surface area contributed by atoms with E-state index in [4.69, 9.17) is 5.11 Å². The molecule has 1 N–H and O–H groups in total. The minimum atomic E-state index is -1.38. The van der Waals surface area contributed by atoms with Gasteiger partial charge in [-0.05, 0) is 17.8 Å². The number of carboxylic acids is 1. The molecule has 0 fully saturated rings. The van der Waals surface area contributed by atoms with E-state index in [2.05, 4.69) is 15.1 Å². The summed E-state index contributed by atoms with van der Waals surface area (Å²) in [5.41, 5.74) is -0.959. The van der Waals surface area contributed by atoms with Gasteiger partial charge in [0.1, 0.15) is 23.1 Å². The van der Waals surface area contributed by atoms with Gasteiger partial charge in [-0.25, -0.2) is 19.4 Å². The highest BCUT2D eigenvalue weighted by Crippen LogP contribution is 2.27. The molecule has 10 heteroatoms. The van der Waals surface area contributed by atoms with Crippen LogP contribution in [0.5, 0.6) is 0 Å². The summed E-state index contributed by atoms with van der Waals surface area (Å²) in [6.45, 7) is 0. The van der Waals surface area contributed by atoms with Crippen LogP contribution < -0.4 is 0 Å². The van der Waals surface area contributed by atoms with Crippen molar-refractivity contribution in [3.8, 4) is 0 Å². The summed E-state index contributed by atoms with van der Waals surface area (Å²) in [5.74, 6) is -1.38. The first-order valence-corrected chi connectivity index (χ1v) is 5.70. The number of hydrogen-bond acceptors (Lipinski definition) is 7. The van der Waals surface area contributed by atoms with Gasteiger partial charge in [-0.3, -0.25) is 10.1 Å². The van der Waals surface area contributed by atoms with Crippen LogP contribution in [0.3, 0.4) is 0 Å². The number of nitrogens with zero attached hydrogens (tertiary/aromatic N) is 5. The molecule has 0 aromatic carbocycles. The third kappa shape index (κ3) is 2.68. The van der Waals surface area contributed by atoms with Crippen LogP contribution in [0.4, 0.5) is 5.69 Å². The van der Waals surface area contributed by atoms with Crippen LogP contribution in [-0.4, -0.2) is 35.7 Å². The fourth-order valence-electron chi connectivity index (χ4n) is 1.27. The summed E-state index contributed by atoms with van der Waals surface area (Å²) in [6, 6.07) is 1.14. The van der Waals surface area contributed by atoms with E-state index in [9.17, 15) is 14.9 Å². The largest absolute Gasteiger partial charge is 0.477 e. The Labute approximate surface area is 110 Å². The van der Waals surface area contributed by atoms with Gasteiger partial charge in [-0.2, -0.15) is 5.10 Å². The lowest BCUT2D eigenvalue weighted by Crippen LogP contribution is -2.04. The first-order valence-electron chi connectivity index (χ1n) is 4.88. The van der Waals surface area contributed by atoms with Gasteiger partial charge >= 0.3 is 11.7 Å². The first-order chi connectivity index (χ1) is 8.99. The van der Waals surface area contributed by atoms with Gasteiger partial charge in [0.05, 0.1) is 4.92 Å². The zero-order chi connectivity index (χ0) is 14.0. The molecule has 0 saturated carbocycles. The molecule has 2 aromatic rings. The molecular formula is C9H7N5O4S. The van der Waals surface area contributed by atoms with Crippen LogP contribution in [0.15, 0.2) is 28.8 Å². The molecule has 2 rings (SSSR count). The van der Waals surface area contributed by atoms with Crippen molar-refractivity contribution in [3.63, 3.8) is 0 Å². The zero-order valence-corrected chi connectivity index (χ0v) is 10.4. The van der Waals surface area contributed by atoms with E-state index in [1.54, 1.807) is 7.05 Å². The molecule has 2 aromatic heterocycles. The normalized spacial score (nSPS) is 10.4. The number of rotatable bonds is 4. The fourth-order valence-corrected chi connectivity index (χ4v) is 2.02. The van der Waals surface area contributed by atoms with Crippen LogP contribution in [-0.2, 0) is 7.05 Å². The maximum atomic E-state index is 11.0. The number of pyridine rings is 1. The Bertz CT molecular complexity index is 656. The van der Waals surface area contributed by atoms with Crippen molar-refractivity contribution in [1.29, 1.82) is 0 Å². The van der Waals surface area contributed by atoms with E-state index in [-0.39, 0.29) is 0 Å². The van der Waals surface area contributed by atoms with Crippen LogP contribution in [0.1, 0.15) is 10.4 Å². The Balaban J connectivity index is 2.39. The monoisotopic (exact) mass is 281 g/mol. The number of carbonyl (C=O) groups is 1. The highest BCUT2D eigenvalue weighted by molar-refractivity contribution is 7.99. The molecule has 0 amide bonds. The smallest absolute Gasteiger partial charge is 0.342 e. The molecule has 0 aliphatic heterocycles. The van der Waals surface area contributed by atoms with Crippen molar-refractivity contribution in [1.82, 2.24) is 19.7 Å². The van der Waals surface area contributed by atoms with Crippen molar-refractivity contribution in [2.45, 2.75) is 10.2 Å². The quantitative estimate of drug-likeness (QED) is 0.649. The fraction of sp³-hybridized carbons (Fsp3) is 0.111. The Hall–Kier alpha value is -2.49. The van der Waals surface area contributed by atoms with E-state index in [0.29, 0.717) is 10.2 Å². The molecule has 0 unspecified atom stereocenters. The Morgan fingerprint density at radius 2 is 2.26 bits per heavy atom. The van der Waals surface area contributed by atoms with Crippen molar-refractivity contribution in [2.24, 2.45) is 7.05 Å². The maximum Gasteiger partial charge on any atom is 0.342 e. The predicted octanol–water partition coefficient (Wildman–Crippen LogP) is 0.968. The standard InChI is InChI=1S/C9H7N5O4S/c1-13-9(11-4-12-13)19-7-2-5(8(15)16)6(3-10-7)14(17)18/h2-4H,1H3,(H,15,16). The molecule has 0 spiro atoms. The molecule has 9 nitrogen and oxygen atoms in total. The third-order valence-corrected chi connectivity index (χ3v) is 3.14. The zero-order valence-electron chi connectivity index (χ0n) is 9.55. The van der Waals surface area contributed by atoms with Gasteiger partial charge in [-0.1, -0.05) is 0 Å². The molecule has 0 aliphatic carbocycles. The highest BCUT2D eigenvalue weighted by Gasteiger charge is 2.21. The molecule has 2 heterocycles. The van der Waals surface area contributed by atoms with Crippen molar-refractivity contribution >= 4 is 23.4 Å². The second kappa shape index (κ2) is 5.02. The number of hydrogen-bond donors (Lipinski definition) is 1. The Morgan fingerprint density at radius 3 is 2.79 bits per heavy atom. The minimum absolute atomic E-state index is 0.291. The lowest BCUT2D eigenvalue weighted by atomic mass is 10.2. The van der Waals surface area contributed by atoms with E-state index < -0.39 is 22.1 Å². The topological polar surface area (TPSA) is 124 Å². The third-order valence-electron chi connectivity index (χ3n) is 2.15. The summed E-state index contributed by atoms with van der Waals surface area (Å²) in [4.78, 5) is 28.6. The summed E-state index contributed by atoms with van der Waals surface area (Å²) >= 11 is 1.07. The van der Waals surface area contributed by atoms with Gasteiger partial charge in [0.15, 0.2) is 5.16 Å². The Morgan fingerprint density at radius 1 is 1.53 bits per heavy atom. The average Bonchev–Trinajstić information content (AvgIpc) is 2.74. The summed E-state index contributed by atoms with van der Waals surface area (Å²) in [5, 5.41) is 24.3. The highest BCUT2D eigenvalue weighted by atomic mass is 32.2. The van der Waals surface area contributed by atoms with E-state index >= 15 is 0 Å². The number of nitro groups is 1. The lowest BCUT2D eigenvalue weighted by molar-refractivity contribution is -0.385. The molecule has 0 radical (unpaired) electrons. The van der Waals surface area contributed by atoms with Gasteiger partial charge in [0.2, 0.25) is 0 Å². The first kappa shape index (κ1) is 13.0. The molecular weight excluding hydrogens is 274 g/mol. The second-order valence-corrected chi connectivity index (χ2v) is 4.36. The number of aromatic carboxylic acids is 1. The van der Waals surface area contributed by atoms with Gasteiger partial charge in [0, 0.05) is 7.05 Å². The molecule has 0 atom stereocenters. The van der Waals surface area contributed by atoms with Crippen molar-refractivity contribution in [3.05, 3.63) is 34.3 Å². The second-order valence-electron chi connectivity index (χ2n) is 3.37. The minimum Gasteiger partial charge on any atom is -0.477 e. The lowest BCUT2D eigenvalue weighted by Gasteiger charge is -2.02. The molecule has 98 valence electrons. The number of aromatic nitrogens is 4.